The predicted octanol–water partition coefficient (Wildman–Crippen LogP) is 10.6. The largest absolute Gasteiger partial charge is 0.494 e. The molecule has 1 aliphatic heterocycles. The second-order valence-corrected chi connectivity index (χ2v) is 14.8. The van der Waals surface area contributed by atoms with Gasteiger partial charge in [0.05, 0.1) is 44.3 Å². The van der Waals surface area contributed by atoms with E-state index in [4.69, 9.17) is 9.31 Å². The number of para-hydroxylation sites is 2. The first kappa shape index (κ1) is 27.6. The summed E-state index contributed by atoms with van der Waals surface area (Å²) >= 11 is 0. The molecule has 49 heavy (non-hydrogen) atoms. The van der Waals surface area contributed by atoms with Crippen molar-refractivity contribution in [3.63, 3.8) is 0 Å². The maximum absolute atomic E-state index is 6.58. The summed E-state index contributed by atoms with van der Waals surface area (Å²) in [5.41, 5.74) is 7.32. The summed E-state index contributed by atoms with van der Waals surface area (Å²) in [6, 6.07) is 47.2. The van der Waals surface area contributed by atoms with Gasteiger partial charge in [0.25, 0.3) is 0 Å². The van der Waals surface area contributed by atoms with E-state index in [-0.39, 0.29) is 0 Å². The summed E-state index contributed by atoms with van der Waals surface area (Å²) in [4.78, 5) is 0. The van der Waals surface area contributed by atoms with Crippen molar-refractivity contribution in [2.24, 2.45) is 0 Å². The Morgan fingerprint density at radius 3 is 1.82 bits per heavy atom. The number of hydrogen-bond donors (Lipinski definition) is 0. The summed E-state index contributed by atoms with van der Waals surface area (Å²) in [7, 11) is -0.454. The molecule has 0 bridgehead atoms. The number of nitrogens with zero attached hydrogens (tertiary/aromatic N) is 2. The second-order valence-electron chi connectivity index (χ2n) is 14.8. The van der Waals surface area contributed by atoms with Crippen LogP contribution in [-0.2, 0) is 9.31 Å². The fourth-order valence-corrected chi connectivity index (χ4v) is 8.55. The molecule has 5 heteroatoms. The summed E-state index contributed by atoms with van der Waals surface area (Å²) in [6.07, 6.45) is 0. The van der Waals surface area contributed by atoms with Crippen molar-refractivity contribution in [2.75, 3.05) is 0 Å². The van der Waals surface area contributed by atoms with Crippen molar-refractivity contribution in [1.29, 1.82) is 0 Å². The number of benzene rings is 7. The van der Waals surface area contributed by atoms with Crippen molar-refractivity contribution in [1.82, 2.24) is 8.80 Å². The van der Waals surface area contributed by atoms with Gasteiger partial charge in [0.1, 0.15) is 0 Å². The number of hydrogen-bond acceptors (Lipinski definition) is 2. The van der Waals surface area contributed by atoms with Gasteiger partial charge in [-0.05, 0) is 91.1 Å². The SMILES string of the molecule is CC1(C)OB(c2ccc3c4cccc5c4n(c4cc6ccccc6cc4c4cc6ccccc6c6c7ccccc7n5c46)c3c2)OC1(C)C. The Kier molecular flexibility index (Phi) is 5.18. The standard InChI is InChI=1S/C44H33BN2O2/c1-43(2)44(3,4)49-45(48-43)29-20-21-31-32-17-11-19-37-41(32)47(39(31)25-29)38-24-27-13-6-5-12-26(27)22-34(38)35-23-28-14-7-8-15-30(28)40-33-16-9-10-18-36(33)46(37)42(35)40/h5-25H,1-4H3. The molecule has 10 aromatic rings. The van der Waals surface area contributed by atoms with Gasteiger partial charge in [-0.2, -0.15) is 0 Å². The molecule has 4 nitrogen and oxygen atoms in total. The lowest BCUT2D eigenvalue weighted by Crippen LogP contribution is -2.41. The molecule has 4 heterocycles. The van der Waals surface area contributed by atoms with E-state index in [0.29, 0.717) is 0 Å². The third-order valence-electron chi connectivity index (χ3n) is 11.6. The van der Waals surface area contributed by atoms with Crippen LogP contribution < -0.4 is 5.46 Å². The van der Waals surface area contributed by atoms with Gasteiger partial charge in [-0.1, -0.05) is 91.0 Å². The molecular formula is C44H33BN2O2. The highest BCUT2D eigenvalue weighted by Gasteiger charge is 2.51. The zero-order chi connectivity index (χ0) is 32.8. The summed E-state index contributed by atoms with van der Waals surface area (Å²) in [5.74, 6) is 0. The molecule has 0 unspecified atom stereocenters. The first-order valence-corrected chi connectivity index (χ1v) is 17.2. The Labute approximate surface area is 283 Å². The molecule has 0 N–H and O–H groups in total. The third-order valence-corrected chi connectivity index (χ3v) is 11.6. The van der Waals surface area contributed by atoms with Crippen molar-refractivity contribution in [3.05, 3.63) is 127 Å². The van der Waals surface area contributed by atoms with E-state index < -0.39 is 18.3 Å². The second kappa shape index (κ2) is 9.20. The fraction of sp³-hybridized carbons (Fsp3) is 0.136. The van der Waals surface area contributed by atoms with Gasteiger partial charge in [-0.25, -0.2) is 0 Å². The van der Waals surface area contributed by atoms with Gasteiger partial charge < -0.3 is 18.1 Å². The summed E-state index contributed by atoms with van der Waals surface area (Å²) < 4.78 is 18.2. The molecule has 0 atom stereocenters. The smallest absolute Gasteiger partial charge is 0.399 e. The highest BCUT2D eigenvalue weighted by Crippen LogP contribution is 2.44. The Balaban J connectivity index is 1.44. The number of aromatic nitrogens is 2. The maximum atomic E-state index is 6.58. The van der Waals surface area contributed by atoms with Crippen LogP contribution >= 0.6 is 0 Å². The van der Waals surface area contributed by atoms with E-state index in [1.54, 1.807) is 0 Å². The lowest BCUT2D eigenvalue weighted by atomic mass is 9.79. The van der Waals surface area contributed by atoms with Crippen molar-refractivity contribution < 1.29 is 9.31 Å². The van der Waals surface area contributed by atoms with E-state index >= 15 is 0 Å². The lowest BCUT2D eigenvalue weighted by molar-refractivity contribution is 0.00578. The molecule has 7 aromatic carbocycles. The Morgan fingerprint density at radius 2 is 1.02 bits per heavy atom. The number of fused-ring (bicyclic) bond motifs is 13. The van der Waals surface area contributed by atoms with Crippen LogP contribution in [0.1, 0.15) is 27.7 Å². The van der Waals surface area contributed by atoms with Crippen LogP contribution in [0.4, 0.5) is 0 Å². The van der Waals surface area contributed by atoms with Crippen LogP contribution in [0.3, 0.4) is 0 Å². The van der Waals surface area contributed by atoms with Crippen molar-refractivity contribution in [2.45, 2.75) is 38.9 Å². The van der Waals surface area contributed by atoms with Crippen LogP contribution in [0.2, 0.25) is 0 Å². The molecule has 11 rings (SSSR count). The highest BCUT2D eigenvalue weighted by molar-refractivity contribution is 6.62. The minimum absolute atomic E-state index is 0.424. The zero-order valence-corrected chi connectivity index (χ0v) is 27.9. The molecule has 0 amide bonds. The molecule has 234 valence electrons. The minimum Gasteiger partial charge on any atom is -0.399 e. The topological polar surface area (TPSA) is 27.3 Å². The van der Waals surface area contributed by atoms with Gasteiger partial charge in [-0.15, -0.1) is 0 Å². The molecule has 1 aliphatic rings. The van der Waals surface area contributed by atoms with Crippen LogP contribution in [-0.4, -0.2) is 27.1 Å². The van der Waals surface area contributed by atoms with Gasteiger partial charge in [0.15, 0.2) is 0 Å². The van der Waals surface area contributed by atoms with Crippen LogP contribution in [0.15, 0.2) is 127 Å². The molecule has 0 radical (unpaired) electrons. The van der Waals surface area contributed by atoms with Gasteiger partial charge in [0.2, 0.25) is 0 Å². The van der Waals surface area contributed by atoms with E-state index in [2.05, 4.69) is 164 Å². The summed E-state index contributed by atoms with van der Waals surface area (Å²) in [6.45, 7) is 8.47. The maximum Gasteiger partial charge on any atom is 0.494 e. The quantitative estimate of drug-likeness (QED) is 0.168. The van der Waals surface area contributed by atoms with Crippen LogP contribution in [0, 0.1) is 0 Å². The number of rotatable bonds is 1. The minimum atomic E-state index is -0.454. The Hall–Kier alpha value is -5.36. The Bertz CT molecular complexity index is 3060. The fourth-order valence-electron chi connectivity index (χ4n) is 8.55. The molecule has 1 saturated heterocycles. The third kappa shape index (κ3) is 3.51. The average Bonchev–Trinajstić information content (AvgIpc) is 3.70. The van der Waals surface area contributed by atoms with Crippen molar-refractivity contribution in [3.8, 4) is 0 Å². The van der Waals surface area contributed by atoms with Crippen LogP contribution in [0.25, 0.3) is 87.0 Å². The van der Waals surface area contributed by atoms with E-state index in [0.717, 1.165) is 11.0 Å². The first-order valence-electron chi connectivity index (χ1n) is 17.2. The highest BCUT2D eigenvalue weighted by atomic mass is 16.7. The predicted molar refractivity (Wildman–Crippen MR) is 207 cm³/mol. The Morgan fingerprint density at radius 1 is 0.429 bits per heavy atom. The molecule has 0 saturated carbocycles. The molecule has 0 aliphatic carbocycles. The summed E-state index contributed by atoms with van der Waals surface area (Å²) in [5, 5.41) is 12.4. The monoisotopic (exact) mass is 632 g/mol. The van der Waals surface area contributed by atoms with Gasteiger partial charge >= 0.3 is 7.12 Å². The van der Waals surface area contributed by atoms with Gasteiger partial charge in [0, 0.05) is 32.3 Å². The van der Waals surface area contributed by atoms with Gasteiger partial charge in [-0.3, -0.25) is 0 Å². The molecule has 1 fully saturated rings. The lowest BCUT2D eigenvalue weighted by Gasteiger charge is -2.32. The van der Waals surface area contributed by atoms with E-state index in [1.165, 1.54) is 81.4 Å². The van der Waals surface area contributed by atoms with E-state index in [9.17, 15) is 0 Å². The molecular weight excluding hydrogens is 599 g/mol. The molecule has 0 spiro atoms. The zero-order valence-electron chi connectivity index (χ0n) is 27.9. The molecule has 3 aromatic heterocycles. The first-order chi connectivity index (χ1) is 23.8. The average molecular weight is 633 g/mol. The van der Waals surface area contributed by atoms with Crippen LogP contribution in [0.5, 0.6) is 0 Å². The van der Waals surface area contributed by atoms with Crippen molar-refractivity contribution >= 4 is 99.5 Å². The normalized spacial score (nSPS) is 16.3. The van der Waals surface area contributed by atoms with E-state index in [1.807, 2.05) is 0 Å².